The average molecular weight is 448 g/mol. The largest absolute Gasteiger partial charge is 0.484 e. The molecule has 0 aliphatic rings. The molecule has 3 aromatic rings. The van der Waals surface area contributed by atoms with Crippen molar-refractivity contribution >= 4 is 43.8 Å². The van der Waals surface area contributed by atoms with Gasteiger partial charge in [0.05, 0.1) is 9.82 Å². The summed E-state index contributed by atoms with van der Waals surface area (Å²) in [6, 6.07) is 9.79. The molecule has 2 N–H and O–H groups in total. The molecule has 0 spiro atoms. The standard InChI is InChI=1S/C18H16N4O6S2/c1-12-10-14(4-7-16(12)22(24)25)28-11-17(23)20-13-2-5-15(6-3-13)30(26,27)21-18-19-8-9-29-18/h2-10H,11H2,1H3,(H,19,21)(H,20,23). The summed E-state index contributed by atoms with van der Waals surface area (Å²) >= 11 is 1.16. The summed E-state index contributed by atoms with van der Waals surface area (Å²) < 4.78 is 32.3. The van der Waals surface area contributed by atoms with E-state index in [9.17, 15) is 23.3 Å². The van der Waals surface area contributed by atoms with E-state index in [1.165, 1.54) is 48.7 Å². The minimum absolute atomic E-state index is 0.0216. The molecule has 1 aromatic heterocycles. The third-order valence-corrected chi connectivity index (χ3v) is 6.01. The molecule has 0 saturated heterocycles. The van der Waals surface area contributed by atoms with Crippen molar-refractivity contribution in [2.45, 2.75) is 11.8 Å². The lowest BCUT2D eigenvalue weighted by Crippen LogP contribution is -2.20. The van der Waals surface area contributed by atoms with Gasteiger partial charge in [-0.1, -0.05) is 0 Å². The first-order valence-electron chi connectivity index (χ1n) is 8.45. The number of sulfonamides is 1. The fourth-order valence-electron chi connectivity index (χ4n) is 2.43. The second-order valence-corrected chi connectivity index (χ2v) is 8.59. The van der Waals surface area contributed by atoms with Crippen LogP contribution in [0.25, 0.3) is 0 Å². The quantitative estimate of drug-likeness (QED) is 0.398. The maximum Gasteiger partial charge on any atom is 0.272 e. The minimum Gasteiger partial charge on any atom is -0.484 e. The lowest BCUT2D eigenvalue weighted by Gasteiger charge is -2.09. The Labute approximate surface area is 175 Å². The highest BCUT2D eigenvalue weighted by atomic mass is 32.2. The Morgan fingerprint density at radius 1 is 1.23 bits per heavy atom. The Morgan fingerprint density at radius 2 is 1.97 bits per heavy atom. The van der Waals surface area contributed by atoms with E-state index in [-0.39, 0.29) is 22.3 Å². The predicted molar refractivity (Wildman–Crippen MR) is 111 cm³/mol. The number of thiazole rings is 1. The topological polar surface area (TPSA) is 141 Å². The van der Waals surface area contributed by atoms with Crippen LogP contribution in [0, 0.1) is 17.0 Å². The lowest BCUT2D eigenvalue weighted by atomic mass is 10.2. The summed E-state index contributed by atoms with van der Waals surface area (Å²) in [5, 5.41) is 15.3. The van der Waals surface area contributed by atoms with Crippen molar-refractivity contribution in [1.82, 2.24) is 4.98 Å². The van der Waals surface area contributed by atoms with Gasteiger partial charge < -0.3 is 10.1 Å². The molecular weight excluding hydrogens is 432 g/mol. The Balaban J connectivity index is 1.57. The van der Waals surface area contributed by atoms with Crippen LogP contribution in [0.15, 0.2) is 58.9 Å². The van der Waals surface area contributed by atoms with Crippen molar-refractivity contribution in [3.8, 4) is 5.75 Å². The summed E-state index contributed by atoms with van der Waals surface area (Å²) in [6.07, 6.45) is 1.49. The number of carbonyl (C=O) groups excluding carboxylic acids is 1. The zero-order valence-corrected chi connectivity index (χ0v) is 17.2. The first-order valence-corrected chi connectivity index (χ1v) is 10.8. The molecule has 156 valence electrons. The summed E-state index contributed by atoms with van der Waals surface area (Å²) in [4.78, 5) is 26.3. The first kappa shape index (κ1) is 21.2. The summed E-state index contributed by atoms with van der Waals surface area (Å²) in [5.74, 6) is -0.148. The Morgan fingerprint density at radius 3 is 2.57 bits per heavy atom. The number of carbonyl (C=O) groups is 1. The maximum absolute atomic E-state index is 12.3. The normalized spacial score (nSPS) is 11.0. The predicted octanol–water partition coefficient (Wildman–Crippen LogP) is 3.18. The zero-order valence-electron chi connectivity index (χ0n) is 15.6. The van der Waals surface area contributed by atoms with Gasteiger partial charge in [-0.25, -0.2) is 13.4 Å². The van der Waals surface area contributed by atoms with Crippen LogP contribution in [0.3, 0.4) is 0 Å². The fraction of sp³-hybridized carbons (Fsp3) is 0.111. The molecule has 0 atom stereocenters. The number of nitrogens with zero attached hydrogens (tertiary/aromatic N) is 2. The number of anilines is 2. The van der Waals surface area contributed by atoms with Crippen molar-refractivity contribution in [1.29, 1.82) is 0 Å². The van der Waals surface area contributed by atoms with Crippen LogP contribution < -0.4 is 14.8 Å². The van der Waals surface area contributed by atoms with Crippen LogP contribution in [-0.2, 0) is 14.8 Å². The smallest absolute Gasteiger partial charge is 0.272 e. The van der Waals surface area contributed by atoms with Gasteiger partial charge in [0.2, 0.25) is 0 Å². The third-order valence-electron chi connectivity index (χ3n) is 3.84. The van der Waals surface area contributed by atoms with Gasteiger partial charge in [0.1, 0.15) is 5.75 Å². The summed E-state index contributed by atoms with van der Waals surface area (Å²) in [7, 11) is -3.78. The Kier molecular flexibility index (Phi) is 6.28. The van der Waals surface area contributed by atoms with E-state index in [0.29, 0.717) is 17.0 Å². The number of aryl methyl sites for hydroxylation is 1. The number of hydrogen-bond acceptors (Lipinski definition) is 8. The molecule has 0 unspecified atom stereocenters. The lowest BCUT2D eigenvalue weighted by molar-refractivity contribution is -0.385. The molecule has 0 fully saturated rings. The molecule has 0 bridgehead atoms. The van der Waals surface area contributed by atoms with E-state index in [2.05, 4.69) is 15.0 Å². The minimum atomic E-state index is -3.78. The van der Waals surface area contributed by atoms with Crippen molar-refractivity contribution in [2.75, 3.05) is 16.6 Å². The van der Waals surface area contributed by atoms with Crippen molar-refractivity contribution < 1.29 is 22.9 Å². The number of rotatable bonds is 8. The van der Waals surface area contributed by atoms with Crippen molar-refractivity contribution in [2.24, 2.45) is 0 Å². The fourth-order valence-corrected chi connectivity index (χ4v) is 4.22. The molecule has 30 heavy (non-hydrogen) atoms. The van der Waals surface area contributed by atoms with Gasteiger partial charge in [-0.05, 0) is 43.3 Å². The molecule has 10 nitrogen and oxygen atoms in total. The van der Waals surface area contributed by atoms with Crippen LogP contribution in [0.1, 0.15) is 5.56 Å². The number of nitro benzene ring substituents is 1. The number of aromatic nitrogens is 1. The van der Waals surface area contributed by atoms with E-state index in [0.717, 1.165) is 11.3 Å². The van der Waals surface area contributed by atoms with Crippen LogP contribution in [0.4, 0.5) is 16.5 Å². The zero-order chi connectivity index (χ0) is 21.7. The Hall–Kier alpha value is -3.51. The highest BCUT2D eigenvalue weighted by Gasteiger charge is 2.16. The molecule has 1 amide bonds. The monoisotopic (exact) mass is 448 g/mol. The molecule has 1 heterocycles. The molecule has 0 aliphatic heterocycles. The molecule has 3 rings (SSSR count). The van der Waals surface area contributed by atoms with Gasteiger partial charge in [0.15, 0.2) is 11.7 Å². The van der Waals surface area contributed by atoms with E-state index in [4.69, 9.17) is 4.74 Å². The van der Waals surface area contributed by atoms with Crippen LogP contribution in [0.5, 0.6) is 5.75 Å². The summed E-state index contributed by atoms with van der Waals surface area (Å²) in [5.41, 5.74) is 0.768. The molecular formula is C18H16N4O6S2. The van der Waals surface area contributed by atoms with Crippen LogP contribution in [0.2, 0.25) is 0 Å². The third kappa shape index (κ3) is 5.30. The highest BCUT2D eigenvalue weighted by Crippen LogP contribution is 2.23. The van der Waals surface area contributed by atoms with Crippen LogP contribution in [-0.4, -0.2) is 30.8 Å². The Bertz CT molecular complexity index is 1160. The van der Waals surface area contributed by atoms with Gasteiger partial charge >= 0.3 is 0 Å². The van der Waals surface area contributed by atoms with E-state index >= 15 is 0 Å². The molecule has 0 radical (unpaired) electrons. The van der Waals surface area contributed by atoms with Gasteiger partial charge in [-0.3, -0.25) is 19.6 Å². The van der Waals surface area contributed by atoms with E-state index in [1.807, 2.05) is 0 Å². The molecule has 0 saturated carbocycles. The molecule has 12 heteroatoms. The van der Waals surface area contributed by atoms with E-state index in [1.54, 1.807) is 12.3 Å². The second kappa shape index (κ2) is 8.88. The van der Waals surface area contributed by atoms with E-state index < -0.39 is 20.9 Å². The number of ether oxygens (including phenoxy) is 1. The van der Waals surface area contributed by atoms with Gasteiger partial charge in [-0.15, -0.1) is 11.3 Å². The van der Waals surface area contributed by atoms with Crippen molar-refractivity contribution in [3.05, 3.63) is 69.7 Å². The van der Waals surface area contributed by atoms with Crippen molar-refractivity contribution in [3.63, 3.8) is 0 Å². The molecule has 0 aliphatic carbocycles. The number of benzene rings is 2. The number of hydrogen-bond donors (Lipinski definition) is 2. The first-order chi connectivity index (χ1) is 14.2. The number of nitro groups is 1. The van der Waals surface area contributed by atoms with Gasteiger partial charge in [0.25, 0.3) is 21.6 Å². The van der Waals surface area contributed by atoms with Gasteiger partial charge in [-0.2, -0.15) is 0 Å². The second-order valence-electron chi connectivity index (χ2n) is 6.01. The number of nitrogens with one attached hydrogen (secondary N) is 2. The SMILES string of the molecule is Cc1cc(OCC(=O)Nc2ccc(S(=O)(=O)Nc3nccs3)cc2)ccc1[N+](=O)[O-]. The molecule has 2 aromatic carbocycles. The maximum atomic E-state index is 12.3. The number of amides is 1. The van der Waals surface area contributed by atoms with Crippen LogP contribution >= 0.6 is 11.3 Å². The van der Waals surface area contributed by atoms with Gasteiger partial charge in [0, 0.05) is 28.9 Å². The summed E-state index contributed by atoms with van der Waals surface area (Å²) in [6.45, 7) is 1.26. The highest BCUT2D eigenvalue weighted by molar-refractivity contribution is 7.93. The average Bonchev–Trinajstić information content (AvgIpc) is 3.19.